The zero-order chi connectivity index (χ0) is 16.9. The first kappa shape index (κ1) is 17.1. The quantitative estimate of drug-likeness (QED) is 0.420. The number of allylic oxidation sites excluding steroid dienone is 1. The zero-order valence-corrected chi connectivity index (χ0v) is 15.1. The predicted molar refractivity (Wildman–Crippen MR) is 98.2 cm³/mol. The third-order valence-electron chi connectivity index (χ3n) is 3.66. The van der Waals surface area contributed by atoms with Gasteiger partial charge in [-0.2, -0.15) is 0 Å². The second kappa shape index (κ2) is 7.90. The van der Waals surface area contributed by atoms with Gasteiger partial charge in [-0.15, -0.1) is 11.8 Å². The number of aromatic nitrogens is 2. The first-order chi connectivity index (χ1) is 11.7. The minimum atomic E-state index is -0.149. The fourth-order valence-electron chi connectivity index (χ4n) is 2.44. The van der Waals surface area contributed by atoms with Gasteiger partial charge in [0.2, 0.25) is 0 Å². The van der Waals surface area contributed by atoms with Crippen LogP contribution in [0.2, 0.25) is 0 Å². The van der Waals surface area contributed by atoms with Gasteiger partial charge in [0.1, 0.15) is 5.65 Å². The van der Waals surface area contributed by atoms with Gasteiger partial charge in [0.25, 0.3) is 11.1 Å². The van der Waals surface area contributed by atoms with Crippen molar-refractivity contribution in [2.45, 2.75) is 31.2 Å². The lowest BCUT2D eigenvalue weighted by Crippen LogP contribution is -2.29. The van der Waals surface area contributed by atoms with Gasteiger partial charge in [-0.3, -0.25) is 18.9 Å². The third-order valence-corrected chi connectivity index (χ3v) is 5.74. The Labute approximate surface area is 149 Å². The number of fused-ring (bicyclic) bond motifs is 1. The summed E-state index contributed by atoms with van der Waals surface area (Å²) in [7, 11) is 0. The van der Waals surface area contributed by atoms with E-state index in [9.17, 15) is 9.59 Å². The monoisotopic (exact) mass is 361 g/mol. The van der Waals surface area contributed by atoms with Crippen LogP contribution in [0.5, 0.6) is 0 Å². The van der Waals surface area contributed by atoms with Gasteiger partial charge in [0, 0.05) is 24.7 Å². The number of carbonyl (C=O) groups excluding carboxylic acids is 2. The van der Waals surface area contributed by atoms with Gasteiger partial charge in [-0.05, 0) is 36.7 Å². The molecule has 3 rings (SSSR count). The number of pyridine rings is 1. The highest BCUT2D eigenvalue weighted by molar-refractivity contribution is 8.18. The number of carbonyl (C=O) groups is 2. The Morgan fingerprint density at radius 3 is 3.04 bits per heavy atom. The van der Waals surface area contributed by atoms with E-state index in [0.29, 0.717) is 11.4 Å². The van der Waals surface area contributed by atoms with Crippen LogP contribution >= 0.6 is 23.5 Å². The average molecular weight is 361 g/mol. The lowest BCUT2D eigenvalue weighted by Gasteiger charge is -2.12. The summed E-state index contributed by atoms with van der Waals surface area (Å²) >= 11 is 2.77. The molecule has 0 unspecified atom stereocenters. The standard InChI is InChI=1S/C17H19N3O2S2/c1-2-3-6-13-16(21)20(17(22)24-13)10-5-12-23-15-8-4-7-14-18-9-11-19(14)15/h4,6-9,11H,2-3,5,10,12H2,1H3/b13-6+. The van der Waals surface area contributed by atoms with Crippen LogP contribution in [0.3, 0.4) is 0 Å². The first-order valence-corrected chi connectivity index (χ1v) is 9.79. The summed E-state index contributed by atoms with van der Waals surface area (Å²) in [5.74, 6) is 0.702. The molecule has 126 valence electrons. The summed E-state index contributed by atoms with van der Waals surface area (Å²) in [6.07, 6.45) is 8.17. The van der Waals surface area contributed by atoms with Crippen molar-refractivity contribution < 1.29 is 9.59 Å². The molecule has 5 nitrogen and oxygen atoms in total. The molecule has 0 radical (unpaired) electrons. The van der Waals surface area contributed by atoms with Crippen molar-refractivity contribution in [1.29, 1.82) is 0 Å². The molecule has 2 amide bonds. The van der Waals surface area contributed by atoms with E-state index >= 15 is 0 Å². The van der Waals surface area contributed by atoms with Gasteiger partial charge in [-0.1, -0.05) is 25.5 Å². The Balaban J connectivity index is 1.52. The zero-order valence-electron chi connectivity index (χ0n) is 13.5. The maximum Gasteiger partial charge on any atom is 0.293 e. The summed E-state index contributed by atoms with van der Waals surface area (Å²) in [6, 6.07) is 6.00. The van der Waals surface area contributed by atoms with Crippen LogP contribution < -0.4 is 0 Å². The number of imide groups is 1. The molecule has 0 atom stereocenters. The van der Waals surface area contributed by atoms with E-state index in [4.69, 9.17) is 0 Å². The van der Waals surface area contributed by atoms with E-state index in [0.717, 1.165) is 47.5 Å². The number of imidazole rings is 1. The van der Waals surface area contributed by atoms with Crippen LogP contribution in [0.4, 0.5) is 4.79 Å². The van der Waals surface area contributed by atoms with Gasteiger partial charge in [0.15, 0.2) is 0 Å². The number of unbranched alkanes of at least 4 members (excludes halogenated alkanes) is 1. The number of nitrogens with zero attached hydrogens (tertiary/aromatic N) is 3. The summed E-state index contributed by atoms with van der Waals surface area (Å²) in [4.78, 5) is 30.4. The molecular weight excluding hydrogens is 342 g/mol. The highest BCUT2D eigenvalue weighted by atomic mass is 32.2. The Morgan fingerprint density at radius 2 is 2.21 bits per heavy atom. The van der Waals surface area contributed by atoms with Crippen LogP contribution in [0.15, 0.2) is 46.6 Å². The van der Waals surface area contributed by atoms with Crippen LogP contribution in [0.25, 0.3) is 5.65 Å². The van der Waals surface area contributed by atoms with Crippen LogP contribution in [-0.2, 0) is 4.79 Å². The topological polar surface area (TPSA) is 54.7 Å². The second-order valence-corrected chi connectivity index (χ2v) is 7.51. The van der Waals surface area contributed by atoms with E-state index in [2.05, 4.69) is 11.9 Å². The molecule has 3 heterocycles. The second-order valence-electron chi connectivity index (χ2n) is 5.40. The lowest BCUT2D eigenvalue weighted by molar-refractivity contribution is -0.122. The Hall–Kier alpha value is -1.73. The molecule has 24 heavy (non-hydrogen) atoms. The molecule has 0 saturated carbocycles. The summed E-state index contributed by atoms with van der Waals surface area (Å²) in [6.45, 7) is 2.53. The summed E-state index contributed by atoms with van der Waals surface area (Å²) in [5, 5.41) is 0.964. The van der Waals surface area contributed by atoms with Crippen molar-refractivity contribution in [2.75, 3.05) is 12.3 Å². The van der Waals surface area contributed by atoms with Crippen molar-refractivity contribution >= 4 is 40.3 Å². The van der Waals surface area contributed by atoms with E-state index in [1.165, 1.54) is 4.90 Å². The molecule has 2 aromatic rings. The Morgan fingerprint density at radius 1 is 1.33 bits per heavy atom. The van der Waals surface area contributed by atoms with Gasteiger partial charge in [0.05, 0.1) is 9.93 Å². The lowest BCUT2D eigenvalue weighted by atomic mass is 10.3. The highest BCUT2D eigenvalue weighted by Gasteiger charge is 2.34. The maximum absolute atomic E-state index is 12.2. The molecule has 1 saturated heterocycles. The fourth-order valence-corrected chi connectivity index (χ4v) is 4.27. The fraction of sp³-hybridized carbons (Fsp3) is 0.353. The van der Waals surface area contributed by atoms with E-state index in [1.807, 2.05) is 34.9 Å². The maximum atomic E-state index is 12.2. The molecule has 0 aliphatic carbocycles. The molecule has 0 bridgehead atoms. The number of amides is 2. The largest absolute Gasteiger partial charge is 0.294 e. The summed E-state index contributed by atoms with van der Waals surface area (Å²) in [5.41, 5.74) is 0.923. The molecule has 2 aromatic heterocycles. The average Bonchev–Trinajstić information content (AvgIpc) is 3.16. The van der Waals surface area contributed by atoms with Gasteiger partial charge >= 0.3 is 0 Å². The number of hydrogen-bond donors (Lipinski definition) is 0. The number of hydrogen-bond acceptors (Lipinski definition) is 5. The van der Waals surface area contributed by atoms with E-state index < -0.39 is 0 Å². The van der Waals surface area contributed by atoms with Gasteiger partial charge < -0.3 is 0 Å². The third kappa shape index (κ3) is 3.67. The van der Waals surface area contributed by atoms with Crippen LogP contribution in [0.1, 0.15) is 26.2 Å². The first-order valence-electron chi connectivity index (χ1n) is 7.99. The number of rotatable bonds is 7. The molecule has 0 aromatic carbocycles. The molecule has 0 N–H and O–H groups in total. The molecule has 1 fully saturated rings. The van der Waals surface area contributed by atoms with Crippen LogP contribution in [0, 0.1) is 0 Å². The summed E-state index contributed by atoms with van der Waals surface area (Å²) < 4.78 is 2.04. The van der Waals surface area contributed by atoms with E-state index in [1.54, 1.807) is 18.0 Å². The van der Waals surface area contributed by atoms with Gasteiger partial charge in [-0.25, -0.2) is 4.98 Å². The highest BCUT2D eigenvalue weighted by Crippen LogP contribution is 2.31. The van der Waals surface area contributed by atoms with Crippen molar-refractivity contribution in [1.82, 2.24) is 14.3 Å². The van der Waals surface area contributed by atoms with Crippen molar-refractivity contribution in [3.63, 3.8) is 0 Å². The van der Waals surface area contributed by atoms with Crippen molar-refractivity contribution in [3.05, 3.63) is 41.6 Å². The van der Waals surface area contributed by atoms with Crippen molar-refractivity contribution in [3.8, 4) is 0 Å². The minimum Gasteiger partial charge on any atom is -0.294 e. The Bertz CT molecular complexity index is 785. The SMILES string of the molecule is CCC/C=C1/SC(=O)N(CCCSc2cccc3nccn23)C1=O. The molecular formula is C17H19N3O2S2. The number of thioether (sulfide) groups is 2. The Kier molecular flexibility index (Phi) is 5.63. The molecule has 1 aliphatic heterocycles. The molecule has 1 aliphatic rings. The predicted octanol–water partition coefficient (Wildman–Crippen LogP) is 4.20. The van der Waals surface area contributed by atoms with E-state index in [-0.39, 0.29) is 11.1 Å². The van der Waals surface area contributed by atoms with Crippen molar-refractivity contribution in [2.24, 2.45) is 0 Å². The van der Waals surface area contributed by atoms with Crippen LogP contribution in [-0.4, -0.2) is 37.7 Å². The molecule has 7 heteroatoms. The smallest absolute Gasteiger partial charge is 0.293 e. The normalized spacial score (nSPS) is 16.7. The molecule has 0 spiro atoms. The minimum absolute atomic E-state index is 0.139.